The van der Waals surface area contributed by atoms with Gasteiger partial charge in [-0.2, -0.15) is 0 Å². The van der Waals surface area contributed by atoms with Crippen LogP contribution in [0.5, 0.6) is 0 Å². The van der Waals surface area contributed by atoms with Gasteiger partial charge in [0.1, 0.15) is 67.1 Å². The maximum absolute atomic E-state index is 11.2. The van der Waals surface area contributed by atoms with Gasteiger partial charge in [0.05, 0.1) is 31.0 Å². The molecule has 3 rings (SSSR count). The Balaban J connectivity index is 1.84. The van der Waals surface area contributed by atoms with E-state index in [0.29, 0.717) is 19.3 Å². The molecule has 44 heavy (non-hydrogen) atoms. The van der Waals surface area contributed by atoms with Gasteiger partial charge in [0, 0.05) is 0 Å². The smallest absolute Gasteiger partial charge is 0.187 e. The average Bonchev–Trinajstić information content (AvgIpc) is 2.96. The molecule has 260 valence electrons. The van der Waals surface area contributed by atoms with Crippen molar-refractivity contribution < 1.29 is 79.5 Å². The molecule has 0 aromatic carbocycles. The number of aliphatic hydroxyl groups is 10. The van der Waals surface area contributed by atoms with Crippen molar-refractivity contribution in [1.29, 1.82) is 0 Å². The van der Waals surface area contributed by atoms with Crippen molar-refractivity contribution in [3.8, 4) is 0 Å². The van der Waals surface area contributed by atoms with E-state index < -0.39 is 117 Å². The molecule has 3 fully saturated rings. The number of rotatable bonds is 13. The molecule has 0 spiro atoms. The predicted octanol–water partition coefficient (Wildman–Crippen LogP) is -3.56. The van der Waals surface area contributed by atoms with E-state index in [4.69, 9.17) is 28.4 Å². The van der Waals surface area contributed by atoms with Gasteiger partial charge in [-0.1, -0.05) is 20.8 Å². The third-order valence-electron chi connectivity index (χ3n) is 8.37. The van der Waals surface area contributed by atoms with Gasteiger partial charge in [0.2, 0.25) is 0 Å². The standard InChI is InChI=1S/C28H52O16/c1-6-12-16(30)19(33)22(36)25(40-12)39-10-14-18(32)21(35)24(44-26-23(37)20(34)17(31)13(9-29)41-26)27(42-14)43-15(28(4,5)38)8-7-11(2)3/h11-27,29-38H,6-10H2,1-5H3. The number of aliphatic hydroxyl groups excluding tert-OH is 9. The van der Waals surface area contributed by atoms with Crippen molar-refractivity contribution in [2.45, 2.75) is 158 Å². The highest BCUT2D eigenvalue weighted by atomic mass is 16.8. The molecule has 3 saturated heterocycles. The Morgan fingerprint density at radius 3 is 1.73 bits per heavy atom. The highest BCUT2D eigenvalue weighted by Gasteiger charge is 2.52. The SMILES string of the molecule is CCC1OC(OCC2OC(OC(CCC(C)C)C(C)(C)O)C(OC3OC(CO)C(O)C(O)C3O)C(O)C2O)C(O)C(O)C1O. The molecule has 3 heterocycles. The molecule has 0 saturated carbocycles. The van der Waals surface area contributed by atoms with Crippen LogP contribution in [0.1, 0.15) is 53.9 Å². The normalized spacial score (nSPS) is 44.6. The van der Waals surface area contributed by atoms with Gasteiger partial charge in [-0.25, -0.2) is 0 Å². The Labute approximate surface area is 256 Å². The van der Waals surface area contributed by atoms with Gasteiger partial charge in [0.25, 0.3) is 0 Å². The third-order valence-corrected chi connectivity index (χ3v) is 8.37. The summed E-state index contributed by atoms with van der Waals surface area (Å²) in [4.78, 5) is 0. The average molecular weight is 645 g/mol. The first kappa shape index (κ1) is 37.8. The largest absolute Gasteiger partial charge is 0.394 e. The van der Waals surface area contributed by atoms with Crippen LogP contribution in [0.3, 0.4) is 0 Å². The summed E-state index contributed by atoms with van der Waals surface area (Å²) >= 11 is 0. The highest BCUT2D eigenvalue weighted by molar-refractivity contribution is 4.95. The van der Waals surface area contributed by atoms with Crippen molar-refractivity contribution in [2.75, 3.05) is 13.2 Å². The van der Waals surface area contributed by atoms with Gasteiger partial charge in [0.15, 0.2) is 18.9 Å². The fraction of sp³-hybridized carbons (Fsp3) is 1.00. The van der Waals surface area contributed by atoms with E-state index >= 15 is 0 Å². The molecular weight excluding hydrogens is 592 g/mol. The quantitative estimate of drug-likeness (QED) is 0.0931. The zero-order chi connectivity index (χ0) is 33.1. The van der Waals surface area contributed by atoms with Crippen molar-refractivity contribution >= 4 is 0 Å². The summed E-state index contributed by atoms with van der Waals surface area (Å²) in [6.45, 7) is 7.49. The molecule has 3 aliphatic rings. The fourth-order valence-corrected chi connectivity index (χ4v) is 5.45. The molecule has 0 aromatic rings. The van der Waals surface area contributed by atoms with Crippen molar-refractivity contribution in [3.63, 3.8) is 0 Å². The van der Waals surface area contributed by atoms with Crippen LogP contribution in [0.15, 0.2) is 0 Å². The Bertz CT molecular complexity index is 852. The summed E-state index contributed by atoms with van der Waals surface area (Å²) in [5, 5.41) is 104. The van der Waals surface area contributed by atoms with Crippen LogP contribution in [0.4, 0.5) is 0 Å². The van der Waals surface area contributed by atoms with Crippen LogP contribution in [0.25, 0.3) is 0 Å². The Kier molecular flexibility index (Phi) is 13.7. The second-order valence-corrected chi connectivity index (χ2v) is 12.8. The lowest BCUT2D eigenvalue weighted by molar-refractivity contribution is -0.380. The molecule has 0 bridgehead atoms. The first-order valence-corrected chi connectivity index (χ1v) is 15.2. The Morgan fingerprint density at radius 2 is 1.18 bits per heavy atom. The molecule has 16 unspecified atom stereocenters. The monoisotopic (exact) mass is 644 g/mol. The third kappa shape index (κ3) is 8.83. The topological polar surface area (TPSA) is 258 Å². The molecule has 16 heteroatoms. The van der Waals surface area contributed by atoms with E-state index in [-0.39, 0.29) is 5.92 Å². The van der Waals surface area contributed by atoms with Crippen LogP contribution in [-0.4, -0.2) is 168 Å². The van der Waals surface area contributed by atoms with Crippen molar-refractivity contribution in [2.24, 2.45) is 5.92 Å². The van der Waals surface area contributed by atoms with Gasteiger partial charge in [-0.05, 0) is 39.0 Å². The van der Waals surface area contributed by atoms with Gasteiger partial charge in [-0.3, -0.25) is 0 Å². The molecular formula is C28H52O16. The fourth-order valence-electron chi connectivity index (χ4n) is 5.45. The molecule has 0 aromatic heterocycles. The highest BCUT2D eigenvalue weighted by Crippen LogP contribution is 2.33. The lowest BCUT2D eigenvalue weighted by Gasteiger charge is -2.47. The molecule has 16 nitrogen and oxygen atoms in total. The van der Waals surface area contributed by atoms with E-state index in [1.807, 2.05) is 13.8 Å². The minimum atomic E-state index is -1.83. The Hall–Kier alpha value is -0.640. The second kappa shape index (κ2) is 16.0. The minimum Gasteiger partial charge on any atom is -0.394 e. The molecule has 0 radical (unpaired) electrons. The van der Waals surface area contributed by atoms with Gasteiger partial charge >= 0.3 is 0 Å². The number of hydrogen-bond donors (Lipinski definition) is 10. The maximum atomic E-state index is 11.2. The molecule has 10 N–H and O–H groups in total. The molecule has 0 amide bonds. The minimum absolute atomic E-state index is 0.244. The van der Waals surface area contributed by atoms with E-state index in [1.165, 1.54) is 13.8 Å². The van der Waals surface area contributed by atoms with E-state index in [2.05, 4.69) is 0 Å². The summed E-state index contributed by atoms with van der Waals surface area (Å²) in [6, 6.07) is 0. The van der Waals surface area contributed by atoms with E-state index in [9.17, 15) is 51.1 Å². The first-order valence-electron chi connectivity index (χ1n) is 15.2. The van der Waals surface area contributed by atoms with Crippen molar-refractivity contribution in [1.82, 2.24) is 0 Å². The van der Waals surface area contributed by atoms with Crippen LogP contribution in [0, 0.1) is 5.92 Å². The van der Waals surface area contributed by atoms with Crippen LogP contribution in [-0.2, 0) is 28.4 Å². The van der Waals surface area contributed by atoms with E-state index in [1.54, 1.807) is 6.92 Å². The Morgan fingerprint density at radius 1 is 0.659 bits per heavy atom. The summed E-state index contributed by atoms with van der Waals surface area (Å²) in [7, 11) is 0. The van der Waals surface area contributed by atoms with Gasteiger partial charge in [-0.15, -0.1) is 0 Å². The number of hydrogen-bond acceptors (Lipinski definition) is 16. The summed E-state index contributed by atoms with van der Waals surface area (Å²) in [5.41, 5.74) is -1.41. The van der Waals surface area contributed by atoms with Crippen LogP contribution < -0.4 is 0 Å². The molecule has 16 atom stereocenters. The summed E-state index contributed by atoms with van der Waals surface area (Å²) < 4.78 is 34.5. The summed E-state index contributed by atoms with van der Waals surface area (Å²) in [5.74, 6) is 0.244. The first-order chi connectivity index (χ1) is 20.5. The number of ether oxygens (including phenoxy) is 6. The molecule has 3 aliphatic heterocycles. The lowest BCUT2D eigenvalue weighted by Crippen LogP contribution is -2.65. The second-order valence-electron chi connectivity index (χ2n) is 12.8. The van der Waals surface area contributed by atoms with Crippen LogP contribution >= 0.6 is 0 Å². The lowest BCUT2D eigenvalue weighted by atomic mass is 9.93. The van der Waals surface area contributed by atoms with Crippen LogP contribution in [0.2, 0.25) is 0 Å². The predicted molar refractivity (Wildman–Crippen MR) is 147 cm³/mol. The zero-order valence-electron chi connectivity index (χ0n) is 25.8. The summed E-state index contributed by atoms with van der Waals surface area (Å²) in [6.07, 6.45) is -22.7. The van der Waals surface area contributed by atoms with Gasteiger partial charge < -0.3 is 79.5 Å². The van der Waals surface area contributed by atoms with Crippen molar-refractivity contribution in [3.05, 3.63) is 0 Å². The maximum Gasteiger partial charge on any atom is 0.187 e. The van der Waals surface area contributed by atoms with E-state index in [0.717, 1.165) is 0 Å². The zero-order valence-corrected chi connectivity index (χ0v) is 25.8. The molecule has 0 aliphatic carbocycles.